The molecular weight excluding hydrogens is 629 g/mol. The number of aryl methyl sites for hydroxylation is 2. The highest BCUT2D eigenvalue weighted by Gasteiger charge is 2.67. The summed E-state index contributed by atoms with van der Waals surface area (Å²) >= 11 is 0. The Morgan fingerprint density at radius 2 is 1.77 bits per heavy atom. The second-order valence-electron chi connectivity index (χ2n) is 12.6. The van der Waals surface area contributed by atoms with Crippen molar-refractivity contribution in [3.05, 3.63) is 71.1 Å². The number of rotatable bonds is 10. The van der Waals surface area contributed by atoms with Crippen LogP contribution in [0.15, 0.2) is 42.9 Å². The number of anilines is 1. The number of ketones is 1. The number of halogens is 3. The van der Waals surface area contributed by atoms with Crippen LogP contribution in [-0.4, -0.2) is 74.9 Å². The largest absolute Gasteiger partial charge is 0.433 e. The summed E-state index contributed by atoms with van der Waals surface area (Å²) in [7, 11) is 3.10. The number of hydrogen-bond acceptors (Lipinski definition) is 8. The molecule has 1 saturated carbocycles. The van der Waals surface area contributed by atoms with E-state index in [-0.39, 0.29) is 43.1 Å². The van der Waals surface area contributed by atoms with Crippen LogP contribution < -0.4 is 5.32 Å². The molecule has 1 aliphatic carbocycles. The molecule has 0 radical (unpaired) electrons. The molecule has 1 saturated heterocycles. The van der Waals surface area contributed by atoms with Gasteiger partial charge < -0.3 is 24.3 Å². The van der Waals surface area contributed by atoms with Crippen LogP contribution >= 0.6 is 0 Å². The Labute approximate surface area is 274 Å². The lowest BCUT2D eigenvalue weighted by Gasteiger charge is -2.27. The number of piperidine rings is 1. The molecule has 2 fully saturated rings. The lowest BCUT2D eigenvalue weighted by atomic mass is 10.00. The average Bonchev–Trinajstić information content (AvgIpc) is 3.42. The molecule has 6 rings (SSSR count). The van der Waals surface area contributed by atoms with Crippen molar-refractivity contribution < 1.29 is 37.0 Å². The van der Waals surface area contributed by atoms with E-state index in [2.05, 4.69) is 20.3 Å². The second-order valence-corrected chi connectivity index (χ2v) is 12.6. The smallest absolute Gasteiger partial charge is 0.384 e. The maximum Gasteiger partial charge on any atom is 0.433 e. The van der Waals surface area contributed by atoms with Crippen LogP contribution in [0.3, 0.4) is 0 Å². The fraction of sp³-hybridized carbons (Fsp3) is 0.412. The minimum Gasteiger partial charge on any atom is -0.384 e. The number of amides is 2. The molecule has 1 N–H and O–H groups in total. The number of hydrogen-bond donors (Lipinski definition) is 1. The van der Waals surface area contributed by atoms with Gasteiger partial charge in [0, 0.05) is 66.3 Å². The fourth-order valence-corrected chi connectivity index (χ4v) is 6.86. The van der Waals surface area contributed by atoms with Crippen LogP contribution in [0.1, 0.15) is 52.8 Å². The first-order valence-corrected chi connectivity index (χ1v) is 15.4. The summed E-state index contributed by atoms with van der Waals surface area (Å²) in [5, 5.41) is 3.18. The average molecular weight is 665 g/mol. The molecule has 1 unspecified atom stereocenters. The number of nitrogens with one attached hydrogen (secondary N) is 1. The highest BCUT2D eigenvalue weighted by molar-refractivity contribution is 6.09. The van der Waals surface area contributed by atoms with E-state index in [4.69, 9.17) is 9.47 Å². The van der Waals surface area contributed by atoms with Crippen molar-refractivity contribution in [1.82, 2.24) is 24.4 Å². The molecule has 3 atom stereocenters. The number of alkyl halides is 3. The van der Waals surface area contributed by atoms with Crippen molar-refractivity contribution in [2.75, 3.05) is 26.1 Å². The number of ether oxygens (including phenoxy) is 2. The quantitative estimate of drug-likeness (QED) is 0.232. The summed E-state index contributed by atoms with van der Waals surface area (Å²) in [6, 6.07) is 4.60. The number of pyridine rings is 1. The van der Waals surface area contributed by atoms with Crippen LogP contribution in [0.5, 0.6) is 0 Å². The Hall–Kier alpha value is -4.69. The number of carbonyl (C=O) groups excluding carboxylic acids is 3. The predicted molar refractivity (Wildman–Crippen MR) is 169 cm³/mol. The van der Waals surface area contributed by atoms with Gasteiger partial charge in [0.15, 0.2) is 5.78 Å². The SMILES string of the molecule is COCc1cc(-c2cnc(C)nc2)cc2c(C(C)=O)cn(CC(=O)N3C4C[C@]4(COC)C[C@H]3C(=O)Nc3nc(C(F)(F)F)ccc3C)c12. The zero-order chi connectivity index (χ0) is 34.5. The monoisotopic (exact) mass is 664 g/mol. The zero-order valence-electron chi connectivity index (χ0n) is 27.1. The number of Topliss-reactive ketones (excluding diaryl/α,β-unsaturated/α-hetero) is 1. The van der Waals surface area contributed by atoms with Crippen LogP contribution in [0, 0.1) is 19.3 Å². The third kappa shape index (κ3) is 6.05. The molecule has 3 aromatic heterocycles. The van der Waals surface area contributed by atoms with E-state index in [9.17, 15) is 27.6 Å². The van der Waals surface area contributed by atoms with Gasteiger partial charge in [0.1, 0.15) is 29.9 Å². The van der Waals surface area contributed by atoms with Gasteiger partial charge in [-0.05, 0) is 62.9 Å². The molecule has 2 aliphatic rings. The molecule has 48 heavy (non-hydrogen) atoms. The van der Waals surface area contributed by atoms with E-state index < -0.39 is 29.2 Å². The van der Waals surface area contributed by atoms with Crippen LogP contribution in [-0.2, 0) is 38.4 Å². The molecule has 4 aromatic rings. The first-order valence-electron chi connectivity index (χ1n) is 15.4. The van der Waals surface area contributed by atoms with Crippen molar-refractivity contribution in [3.63, 3.8) is 0 Å². The lowest BCUT2D eigenvalue weighted by Crippen LogP contribution is -2.46. The number of benzene rings is 1. The van der Waals surface area contributed by atoms with Gasteiger partial charge >= 0.3 is 6.18 Å². The van der Waals surface area contributed by atoms with Crippen molar-refractivity contribution in [2.45, 2.75) is 65.0 Å². The maximum atomic E-state index is 14.2. The molecule has 0 spiro atoms. The Balaban J connectivity index is 1.35. The Morgan fingerprint density at radius 3 is 2.42 bits per heavy atom. The Kier molecular flexibility index (Phi) is 8.58. The first kappa shape index (κ1) is 33.2. The van der Waals surface area contributed by atoms with Crippen LogP contribution in [0.2, 0.25) is 0 Å². The van der Waals surface area contributed by atoms with Crippen molar-refractivity contribution in [3.8, 4) is 11.1 Å². The summed E-state index contributed by atoms with van der Waals surface area (Å²) in [6.07, 6.45) is 1.25. The Bertz CT molecular complexity index is 1930. The van der Waals surface area contributed by atoms with Gasteiger partial charge in [-0.3, -0.25) is 14.4 Å². The van der Waals surface area contributed by atoms with E-state index in [1.54, 1.807) is 51.2 Å². The van der Waals surface area contributed by atoms with Gasteiger partial charge in [-0.2, -0.15) is 13.2 Å². The molecule has 1 aromatic carbocycles. The minimum absolute atomic E-state index is 0.185. The molecule has 252 valence electrons. The van der Waals surface area contributed by atoms with E-state index in [0.717, 1.165) is 22.8 Å². The van der Waals surface area contributed by atoms with Crippen LogP contribution in [0.4, 0.5) is 19.0 Å². The van der Waals surface area contributed by atoms with Crippen molar-refractivity contribution in [2.24, 2.45) is 5.41 Å². The minimum atomic E-state index is -4.69. The molecule has 0 bridgehead atoms. The first-order chi connectivity index (χ1) is 22.8. The van der Waals surface area contributed by atoms with Gasteiger partial charge in [-0.15, -0.1) is 0 Å². The molecule has 11 nitrogen and oxygen atoms in total. The molecule has 1 aliphatic heterocycles. The van der Waals surface area contributed by atoms with Gasteiger partial charge in [-0.1, -0.05) is 6.07 Å². The number of nitrogens with zero attached hydrogens (tertiary/aromatic N) is 5. The maximum absolute atomic E-state index is 14.2. The predicted octanol–water partition coefficient (Wildman–Crippen LogP) is 5.12. The van der Waals surface area contributed by atoms with Crippen molar-refractivity contribution in [1.29, 1.82) is 0 Å². The molecule has 14 heteroatoms. The van der Waals surface area contributed by atoms with Gasteiger partial charge in [0.2, 0.25) is 11.8 Å². The van der Waals surface area contributed by atoms with E-state index in [0.29, 0.717) is 40.9 Å². The van der Waals surface area contributed by atoms with E-state index >= 15 is 0 Å². The number of aromatic nitrogens is 4. The third-order valence-corrected chi connectivity index (χ3v) is 9.22. The second kappa shape index (κ2) is 12.4. The van der Waals surface area contributed by atoms with E-state index in [1.807, 2.05) is 12.1 Å². The normalized spacial score (nSPS) is 20.2. The number of methoxy groups -OCH3 is 2. The number of carbonyl (C=O) groups is 3. The molecule has 4 heterocycles. The van der Waals surface area contributed by atoms with Gasteiger partial charge in [-0.25, -0.2) is 15.0 Å². The molecular formula is C34H35F3N6O5. The van der Waals surface area contributed by atoms with Gasteiger partial charge in [0.25, 0.3) is 0 Å². The Morgan fingerprint density at radius 1 is 1.04 bits per heavy atom. The highest BCUT2D eigenvalue weighted by Crippen LogP contribution is 2.59. The van der Waals surface area contributed by atoms with Gasteiger partial charge in [0.05, 0.1) is 18.7 Å². The summed E-state index contributed by atoms with van der Waals surface area (Å²) in [4.78, 5) is 54.5. The highest BCUT2D eigenvalue weighted by atomic mass is 19.4. The summed E-state index contributed by atoms with van der Waals surface area (Å²) in [6.45, 7) is 5.08. The fourth-order valence-electron chi connectivity index (χ4n) is 6.86. The zero-order valence-corrected chi connectivity index (χ0v) is 27.1. The third-order valence-electron chi connectivity index (χ3n) is 9.22. The topological polar surface area (TPSA) is 129 Å². The summed E-state index contributed by atoms with van der Waals surface area (Å²) < 4.78 is 52.8. The van der Waals surface area contributed by atoms with Crippen LogP contribution in [0.25, 0.3) is 22.0 Å². The number of fused-ring (bicyclic) bond motifs is 2. The number of likely N-dealkylation sites (tertiary alicyclic amines) is 1. The van der Waals surface area contributed by atoms with Crippen molar-refractivity contribution >= 4 is 34.3 Å². The standard InChI is InChI=1S/C34H35F3N6O5/c1-18-6-7-27(34(35,36)37)40-31(18)41-32(46)26-10-33(17-48-5)11-28(33)43(26)29(45)15-42-14-25(19(2)44)24-9-21(8-22(16-47-4)30(24)42)23-12-38-20(3)39-13-23/h6-9,12-14,26,28H,10-11,15-17H2,1-5H3,(H,40,41,46)/t26-,28?,33-/m0/s1. The van der Waals surface area contributed by atoms with E-state index in [1.165, 1.54) is 17.9 Å². The summed E-state index contributed by atoms with van der Waals surface area (Å²) in [5.41, 5.74) is 2.07. The summed E-state index contributed by atoms with van der Waals surface area (Å²) in [5.74, 6) is -0.810. The lowest BCUT2D eigenvalue weighted by molar-refractivity contribution is -0.141. The molecule has 2 amide bonds.